The molecule has 0 spiro atoms. The average molecular weight is 240 g/mol. The zero-order chi connectivity index (χ0) is 12.4. The summed E-state index contributed by atoms with van der Waals surface area (Å²) in [5.41, 5.74) is 0. The SMILES string of the molecule is CC(F)(F)C(=O)CCC1CCC(F)(F)CC1. The topological polar surface area (TPSA) is 17.1 Å². The Kier molecular flexibility index (Phi) is 3.97. The monoisotopic (exact) mass is 240 g/mol. The highest BCUT2D eigenvalue weighted by Gasteiger charge is 2.36. The van der Waals surface area contributed by atoms with E-state index >= 15 is 0 Å². The summed E-state index contributed by atoms with van der Waals surface area (Å²) in [6.45, 7) is 0.574. The molecule has 1 saturated carbocycles. The highest BCUT2D eigenvalue weighted by Crippen LogP contribution is 2.38. The van der Waals surface area contributed by atoms with Gasteiger partial charge in [-0.25, -0.2) is 8.78 Å². The lowest BCUT2D eigenvalue weighted by Gasteiger charge is -2.28. The van der Waals surface area contributed by atoms with Crippen LogP contribution in [-0.2, 0) is 4.79 Å². The molecule has 0 aliphatic heterocycles. The van der Waals surface area contributed by atoms with Gasteiger partial charge in [-0.15, -0.1) is 0 Å². The first-order valence-corrected chi connectivity index (χ1v) is 5.50. The molecule has 0 heterocycles. The Balaban J connectivity index is 2.28. The number of alkyl halides is 4. The van der Waals surface area contributed by atoms with Crippen molar-refractivity contribution >= 4 is 5.78 Å². The fourth-order valence-electron chi connectivity index (χ4n) is 1.94. The van der Waals surface area contributed by atoms with Crippen LogP contribution in [0.4, 0.5) is 17.6 Å². The molecule has 0 aromatic heterocycles. The summed E-state index contributed by atoms with van der Waals surface area (Å²) in [6, 6.07) is 0. The van der Waals surface area contributed by atoms with Crippen LogP contribution in [0.3, 0.4) is 0 Å². The lowest BCUT2D eigenvalue weighted by molar-refractivity contribution is -0.141. The molecule has 0 aromatic carbocycles. The van der Waals surface area contributed by atoms with Gasteiger partial charge >= 0.3 is 5.92 Å². The Labute approximate surface area is 92.2 Å². The number of hydrogen-bond donors (Lipinski definition) is 0. The van der Waals surface area contributed by atoms with Crippen LogP contribution in [0.5, 0.6) is 0 Å². The summed E-state index contributed by atoms with van der Waals surface area (Å²) >= 11 is 0. The van der Waals surface area contributed by atoms with E-state index in [1.165, 1.54) is 0 Å². The minimum Gasteiger partial charge on any atom is -0.293 e. The molecular formula is C11H16F4O. The molecular weight excluding hydrogens is 224 g/mol. The van der Waals surface area contributed by atoms with E-state index in [1.54, 1.807) is 0 Å². The van der Waals surface area contributed by atoms with E-state index in [0.717, 1.165) is 0 Å². The molecule has 1 aliphatic carbocycles. The second-order valence-corrected chi connectivity index (χ2v) is 4.65. The van der Waals surface area contributed by atoms with E-state index in [2.05, 4.69) is 0 Å². The van der Waals surface area contributed by atoms with Gasteiger partial charge in [0, 0.05) is 26.2 Å². The Morgan fingerprint density at radius 3 is 2.25 bits per heavy atom. The molecule has 0 atom stereocenters. The second kappa shape index (κ2) is 4.72. The molecule has 0 aromatic rings. The summed E-state index contributed by atoms with van der Waals surface area (Å²) in [5.74, 6) is -7.00. The molecule has 0 bridgehead atoms. The van der Waals surface area contributed by atoms with Crippen molar-refractivity contribution in [2.24, 2.45) is 5.92 Å². The van der Waals surface area contributed by atoms with Crippen LogP contribution in [0.15, 0.2) is 0 Å². The second-order valence-electron chi connectivity index (χ2n) is 4.65. The van der Waals surface area contributed by atoms with Crippen LogP contribution in [0.1, 0.15) is 45.4 Å². The standard InChI is InChI=1S/C11H16F4O/c1-10(12,13)9(16)3-2-8-4-6-11(14,15)7-5-8/h8H,2-7H2,1H3. The quantitative estimate of drug-likeness (QED) is 0.683. The van der Waals surface area contributed by atoms with Gasteiger partial charge in [0.25, 0.3) is 0 Å². The maximum Gasteiger partial charge on any atom is 0.302 e. The molecule has 94 valence electrons. The van der Waals surface area contributed by atoms with Crippen molar-refractivity contribution in [3.05, 3.63) is 0 Å². The summed E-state index contributed by atoms with van der Waals surface area (Å²) < 4.78 is 50.6. The number of rotatable bonds is 4. The molecule has 0 N–H and O–H groups in total. The van der Waals surface area contributed by atoms with Crippen LogP contribution < -0.4 is 0 Å². The van der Waals surface area contributed by atoms with Gasteiger partial charge in [-0.05, 0) is 25.2 Å². The molecule has 5 heteroatoms. The van der Waals surface area contributed by atoms with Crippen LogP contribution in [-0.4, -0.2) is 17.6 Å². The molecule has 16 heavy (non-hydrogen) atoms. The number of Topliss-reactive ketones (excluding diaryl/α,β-unsaturated/α-hetero) is 1. The van der Waals surface area contributed by atoms with Crippen molar-refractivity contribution in [2.45, 2.75) is 57.3 Å². The van der Waals surface area contributed by atoms with Gasteiger partial charge in [-0.1, -0.05) is 0 Å². The third-order valence-electron chi connectivity index (χ3n) is 3.11. The average Bonchev–Trinajstić information content (AvgIpc) is 2.14. The van der Waals surface area contributed by atoms with Gasteiger partial charge in [0.2, 0.25) is 11.7 Å². The van der Waals surface area contributed by atoms with Gasteiger partial charge < -0.3 is 0 Å². The fourth-order valence-corrected chi connectivity index (χ4v) is 1.94. The van der Waals surface area contributed by atoms with Crippen molar-refractivity contribution < 1.29 is 22.4 Å². The third kappa shape index (κ3) is 4.10. The predicted molar refractivity (Wildman–Crippen MR) is 51.8 cm³/mol. The van der Waals surface area contributed by atoms with E-state index in [1.807, 2.05) is 0 Å². The fraction of sp³-hybridized carbons (Fsp3) is 0.909. The normalized spacial score (nSPS) is 22.1. The van der Waals surface area contributed by atoms with E-state index < -0.39 is 17.6 Å². The van der Waals surface area contributed by atoms with Crippen molar-refractivity contribution in [2.75, 3.05) is 0 Å². The first-order chi connectivity index (χ1) is 7.21. The Hall–Kier alpha value is -0.610. The van der Waals surface area contributed by atoms with E-state index in [4.69, 9.17) is 0 Å². The number of carbonyl (C=O) groups is 1. The smallest absolute Gasteiger partial charge is 0.293 e. The van der Waals surface area contributed by atoms with Gasteiger partial charge in [0.05, 0.1) is 0 Å². The largest absolute Gasteiger partial charge is 0.302 e. The third-order valence-corrected chi connectivity index (χ3v) is 3.11. The van der Waals surface area contributed by atoms with Crippen molar-refractivity contribution in [3.8, 4) is 0 Å². The summed E-state index contributed by atoms with van der Waals surface area (Å²) in [5, 5.41) is 0. The van der Waals surface area contributed by atoms with Crippen LogP contribution >= 0.6 is 0 Å². The van der Waals surface area contributed by atoms with Gasteiger partial charge in [0.15, 0.2) is 0 Å². The van der Waals surface area contributed by atoms with Crippen molar-refractivity contribution in [1.82, 2.24) is 0 Å². The molecule has 0 saturated heterocycles. The van der Waals surface area contributed by atoms with Crippen LogP contribution in [0.25, 0.3) is 0 Å². The zero-order valence-electron chi connectivity index (χ0n) is 9.24. The molecule has 0 unspecified atom stereocenters. The van der Waals surface area contributed by atoms with E-state index in [0.29, 0.717) is 26.2 Å². The Bertz CT molecular complexity index is 247. The molecule has 1 rings (SSSR count). The minimum absolute atomic E-state index is 0.00840. The molecule has 1 nitrogen and oxygen atoms in total. The number of carbonyl (C=O) groups excluding carboxylic acids is 1. The van der Waals surface area contributed by atoms with Gasteiger partial charge in [-0.3, -0.25) is 4.79 Å². The van der Waals surface area contributed by atoms with E-state index in [-0.39, 0.29) is 25.2 Å². The number of ketones is 1. The Morgan fingerprint density at radius 2 is 1.81 bits per heavy atom. The first-order valence-electron chi connectivity index (χ1n) is 5.50. The van der Waals surface area contributed by atoms with Gasteiger partial charge in [0.1, 0.15) is 0 Å². The lowest BCUT2D eigenvalue weighted by Crippen LogP contribution is -2.27. The summed E-state index contributed by atoms with van der Waals surface area (Å²) in [4.78, 5) is 10.9. The highest BCUT2D eigenvalue weighted by molar-refractivity contribution is 5.85. The summed E-state index contributed by atoms with van der Waals surface area (Å²) in [6.07, 6.45) is 0.381. The zero-order valence-corrected chi connectivity index (χ0v) is 9.24. The lowest BCUT2D eigenvalue weighted by atomic mass is 9.83. The molecule has 0 amide bonds. The van der Waals surface area contributed by atoms with Crippen LogP contribution in [0, 0.1) is 5.92 Å². The molecule has 1 aliphatic rings. The molecule has 0 radical (unpaired) electrons. The highest BCUT2D eigenvalue weighted by atomic mass is 19.3. The maximum atomic E-state index is 12.8. The molecule has 1 fully saturated rings. The minimum atomic E-state index is -3.29. The number of halogens is 4. The van der Waals surface area contributed by atoms with Gasteiger partial charge in [-0.2, -0.15) is 8.78 Å². The maximum absolute atomic E-state index is 12.8. The Morgan fingerprint density at radius 1 is 1.31 bits per heavy atom. The van der Waals surface area contributed by atoms with Crippen molar-refractivity contribution in [3.63, 3.8) is 0 Å². The van der Waals surface area contributed by atoms with Crippen molar-refractivity contribution in [1.29, 1.82) is 0 Å². The summed E-state index contributed by atoms with van der Waals surface area (Å²) in [7, 11) is 0. The van der Waals surface area contributed by atoms with Crippen LogP contribution in [0.2, 0.25) is 0 Å². The van der Waals surface area contributed by atoms with E-state index in [9.17, 15) is 22.4 Å². The first kappa shape index (κ1) is 13.5. The predicted octanol–water partition coefficient (Wildman–Crippen LogP) is 3.82. The number of hydrogen-bond acceptors (Lipinski definition) is 1.